The zero-order chi connectivity index (χ0) is 14.4. The molecule has 0 N–H and O–H groups in total. The van der Waals surface area contributed by atoms with Crippen LogP contribution in [0.25, 0.3) is 10.6 Å². The zero-order valence-electron chi connectivity index (χ0n) is 11.7. The van der Waals surface area contributed by atoms with Crippen molar-refractivity contribution in [2.45, 2.75) is 19.9 Å². The van der Waals surface area contributed by atoms with Gasteiger partial charge >= 0.3 is 5.97 Å². The van der Waals surface area contributed by atoms with Gasteiger partial charge < -0.3 is 4.74 Å². The molecule has 0 saturated carbocycles. The number of hydrogen-bond donors (Lipinski definition) is 0. The number of rotatable bonds is 7. The maximum Gasteiger partial charge on any atom is 0.307 e. The molecule has 0 bridgehead atoms. The van der Waals surface area contributed by atoms with Crippen LogP contribution < -0.4 is 0 Å². The lowest BCUT2D eigenvalue weighted by Gasteiger charge is -2.14. The average Bonchev–Trinajstić information content (AvgIpc) is 3.07. The molecule has 0 aliphatic heterocycles. The number of carbonyl (C=O) groups excluding carboxylic acids is 1. The number of esters is 1. The first kappa shape index (κ1) is 15.2. The SMILES string of the molecule is CCOC(=O)CCN(C)Cc1csc(-c2ccsc2)n1. The fourth-order valence-electron chi connectivity index (χ4n) is 1.77. The van der Waals surface area contributed by atoms with Crippen LogP contribution in [0, 0.1) is 0 Å². The Labute approximate surface area is 127 Å². The molecule has 0 fully saturated rings. The molecular weight excluding hydrogens is 292 g/mol. The number of nitrogens with zero attached hydrogens (tertiary/aromatic N) is 2. The average molecular weight is 310 g/mol. The minimum absolute atomic E-state index is 0.142. The number of ether oxygens (including phenoxy) is 1. The topological polar surface area (TPSA) is 42.4 Å². The van der Waals surface area contributed by atoms with Crippen LogP contribution >= 0.6 is 22.7 Å². The number of carbonyl (C=O) groups is 1. The summed E-state index contributed by atoms with van der Waals surface area (Å²) in [5.74, 6) is -0.142. The van der Waals surface area contributed by atoms with E-state index in [2.05, 4.69) is 32.1 Å². The van der Waals surface area contributed by atoms with Gasteiger partial charge in [-0.2, -0.15) is 11.3 Å². The molecule has 0 spiro atoms. The molecule has 0 aliphatic carbocycles. The molecule has 0 atom stereocenters. The van der Waals surface area contributed by atoms with E-state index in [9.17, 15) is 4.79 Å². The molecule has 108 valence electrons. The van der Waals surface area contributed by atoms with Gasteiger partial charge in [0.1, 0.15) is 5.01 Å². The van der Waals surface area contributed by atoms with Crippen molar-refractivity contribution < 1.29 is 9.53 Å². The highest BCUT2D eigenvalue weighted by atomic mass is 32.1. The Morgan fingerprint density at radius 1 is 1.45 bits per heavy atom. The van der Waals surface area contributed by atoms with E-state index in [1.807, 2.05) is 14.0 Å². The van der Waals surface area contributed by atoms with Gasteiger partial charge in [-0.1, -0.05) is 0 Å². The Morgan fingerprint density at radius 2 is 2.30 bits per heavy atom. The van der Waals surface area contributed by atoms with Crippen molar-refractivity contribution in [3.05, 3.63) is 27.9 Å². The molecule has 6 heteroatoms. The lowest BCUT2D eigenvalue weighted by molar-refractivity contribution is -0.143. The Hall–Kier alpha value is -1.24. The van der Waals surface area contributed by atoms with Gasteiger partial charge in [0.25, 0.3) is 0 Å². The van der Waals surface area contributed by atoms with Gasteiger partial charge in [-0.3, -0.25) is 9.69 Å². The highest BCUT2D eigenvalue weighted by molar-refractivity contribution is 7.14. The van der Waals surface area contributed by atoms with Gasteiger partial charge in [0.05, 0.1) is 18.7 Å². The summed E-state index contributed by atoms with van der Waals surface area (Å²) in [6.45, 7) is 3.70. The zero-order valence-corrected chi connectivity index (χ0v) is 13.3. The van der Waals surface area contributed by atoms with E-state index in [-0.39, 0.29) is 5.97 Å². The van der Waals surface area contributed by atoms with Gasteiger partial charge in [-0.15, -0.1) is 11.3 Å². The minimum Gasteiger partial charge on any atom is -0.466 e. The normalized spacial score (nSPS) is 10.9. The third kappa shape index (κ3) is 4.40. The van der Waals surface area contributed by atoms with Gasteiger partial charge in [-0.05, 0) is 25.4 Å². The largest absolute Gasteiger partial charge is 0.466 e. The van der Waals surface area contributed by atoms with Gasteiger partial charge in [0.2, 0.25) is 0 Å². The van der Waals surface area contributed by atoms with Crippen molar-refractivity contribution in [1.82, 2.24) is 9.88 Å². The lowest BCUT2D eigenvalue weighted by Crippen LogP contribution is -2.22. The lowest BCUT2D eigenvalue weighted by atomic mass is 10.3. The van der Waals surface area contributed by atoms with Crippen molar-refractivity contribution in [2.75, 3.05) is 20.2 Å². The van der Waals surface area contributed by atoms with E-state index in [4.69, 9.17) is 4.74 Å². The molecule has 0 unspecified atom stereocenters. The number of hydrogen-bond acceptors (Lipinski definition) is 6. The summed E-state index contributed by atoms with van der Waals surface area (Å²) in [5.41, 5.74) is 2.22. The summed E-state index contributed by atoms with van der Waals surface area (Å²) >= 11 is 3.34. The van der Waals surface area contributed by atoms with Crippen LogP contribution in [0.4, 0.5) is 0 Å². The van der Waals surface area contributed by atoms with E-state index in [1.54, 1.807) is 22.7 Å². The van der Waals surface area contributed by atoms with E-state index in [0.29, 0.717) is 19.6 Å². The Bertz CT molecular complexity index is 537. The molecule has 2 heterocycles. The fourth-order valence-corrected chi connectivity index (χ4v) is 3.29. The second kappa shape index (κ2) is 7.52. The molecule has 4 nitrogen and oxygen atoms in total. The van der Waals surface area contributed by atoms with Crippen LogP contribution in [0.3, 0.4) is 0 Å². The van der Waals surface area contributed by atoms with Crippen molar-refractivity contribution in [3.8, 4) is 10.6 Å². The molecule has 2 rings (SSSR count). The molecule has 2 aromatic rings. The van der Waals surface area contributed by atoms with Crippen LogP contribution in [0.15, 0.2) is 22.2 Å². The molecule has 0 aliphatic rings. The maximum absolute atomic E-state index is 11.3. The van der Waals surface area contributed by atoms with Gasteiger partial charge in [-0.25, -0.2) is 4.98 Å². The predicted octanol–water partition coefficient (Wildman–Crippen LogP) is 3.26. The Kier molecular flexibility index (Phi) is 5.70. The second-order valence-corrected chi connectivity index (χ2v) is 6.09. The van der Waals surface area contributed by atoms with Crippen molar-refractivity contribution in [1.29, 1.82) is 0 Å². The van der Waals surface area contributed by atoms with E-state index in [1.165, 1.54) is 5.56 Å². The highest BCUT2D eigenvalue weighted by Crippen LogP contribution is 2.25. The third-order valence-corrected chi connectivity index (χ3v) is 4.38. The van der Waals surface area contributed by atoms with Crippen LogP contribution in [0.2, 0.25) is 0 Å². The van der Waals surface area contributed by atoms with Crippen LogP contribution in [-0.4, -0.2) is 36.1 Å². The maximum atomic E-state index is 11.3. The second-order valence-electron chi connectivity index (χ2n) is 4.45. The molecule has 0 amide bonds. The van der Waals surface area contributed by atoms with Crippen LogP contribution in [0.5, 0.6) is 0 Å². The van der Waals surface area contributed by atoms with Gasteiger partial charge in [0.15, 0.2) is 0 Å². The highest BCUT2D eigenvalue weighted by Gasteiger charge is 2.09. The standard InChI is InChI=1S/C14H18N2O2S2/c1-3-18-13(17)4-6-16(2)8-12-10-20-14(15-12)11-5-7-19-9-11/h5,7,9-10H,3-4,6,8H2,1-2H3. The summed E-state index contributed by atoms with van der Waals surface area (Å²) in [5, 5.41) is 7.29. The summed E-state index contributed by atoms with van der Waals surface area (Å²) < 4.78 is 4.92. The van der Waals surface area contributed by atoms with Crippen molar-refractivity contribution in [3.63, 3.8) is 0 Å². The van der Waals surface area contributed by atoms with E-state index >= 15 is 0 Å². The quantitative estimate of drug-likeness (QED) is 0.736. The first-order valence-corrected chi connectivity index (χ1v) is 8.32. The smallest absolute Gasteiger partial charge is 0.307 e. The number of thiophene rings is 1. The van der Waals surface area contributed by atoms with Crippen molar-refractivity contribution in [2.24, 2.45) is 0 Å². The van der Waals surface area contributed by atoms with Crippen LogP contribution in [-0.2, 0) is 16.1 Å². The molecular formula is C14H18N2O2S2. The Morgan fingerprint density at radius 3 is 3.00 bits per heavy atom. The predicted molar refractivity (Wildman–Crippen MR) is 83.0 cm³/mol. The third-order valence-electron chi connectivity index (χ3n) is 2.75. The molecule has 0 radical (unpaired) electrons. The molecule has 0 saturated heterocycles. The molecule has 0 aromatic carbocycles. The summed E-state index contributed by atoms with van der Waals surface area (Å²) in [7, 11) is 1.99. The van der Waals surface area contributed by atoms with Crippen molar-refractivity contribution >= 4 is 28.6 Å². The fraction of sp³-hybridized carbons (Fsp3) is 0.429. The number of aromatic nitrogens is 1. The monoisotopic (exact) mass is 310 g/mol. The van der Waals surface area contributed by atoms with E-state index in [0.717, 1.165) is 17.2 Å². The first-order chi connectivity index (χ1) is 9.69. The Balaban J connectivity index is 1.83. The minimum atomic E-state index is -0.142. The number of thiazole rings is 1. The summed E-state index contributed by atoms with van der Waals surface area (Å²) in [4.78, 5) is 18.0. The summed E-state index contributed by atoms with van der Waals surface area (Å²) in [6.07, 6.45) is 0.422. The molecule has 20 heavy (non-hydrogen) atoms. The molecule has 2 aromatic heterocycles. The van der Waals surface area contributed by atoms with E-state index < -0.39 is 0 Å². The first-order valence-electron chi connectivity index (χ1n) is 6.50. The van der Waals surface area contributed by atoms with Crippen LogP contribution in [0.1, 0.15) is 19.0 Å². The summed E-state index contributed by atoms with van der Waals surface area (Å²) in [6, 6.07) is 2.08. The van der Waals surface area contributed by atoms with Gasteiger partial charge in [0, 0.05) is 29.4 Å².